The molecule has 0 amide bonds. The lowest BCUT2D eigenvalue weighted by Crippen LogP contribution is -2.30. The molecule has 0 aromatic rings. The molecule has 0 saturated heterocycles. The molecule has 1 atom stereocenters. The van der Waals surface area contributed by atoms with E-state index >= 15 is 0 Å². The van der Waals surface area contributed by atoms with Crippen LogP contribution in [-0.2, 0) is 4.74 Å². The summed E-state index contributed by atoms with van der Waals surface area (Å²) in [4.78, 5) is 0. The topological polar surface area (TPSA) is 53.2 Å². The van der Waals surface area contributed by atoms with Crippen molar-refractivity contribution in [2.24, 2.45) is 0 Å². The molecule has 0 rings (SSSR count). The van der Waals surface area contributed by atoms with Gasteiger partial charge in [-0.3, -0.25) is 0 Å². The van der Waals surface area contributed by atoms with Crippen LogP contribution in [0.4, 0.5) is 0 Å². The Kier molecular flexibility index (Phi) is 4.51. The second kappa shape index (κ2) is 4.89. The third-order valence-corrected chi connectivity index (χ3v) is 1.39. The van der Waals surface area contributed by atoms with E-state index in [1.807, 2.05) is 6.07 Å². The number of aliphatic hydroxyl groups is 1. The number of aliphatic hydroxyl groups excluding tert-OH is 1. The molecule has 1 unspecified atom stereocenters. The largest absolute Gasteiger partial charge is 0.393 e. The number of nitrogens with zero attached hydrogens (tertiary/aromatic N) is 1. The van der Waals surface area contributed by atoms with Gasteiger partial charge in [-0.25, -0.2) is 0 Å². The van der Waals surface area contributed by atoms with E-state index in [2.05, 4.69) is 6.58 Å². The van der Waals surface area contributed by atoms with Crippen molar-refractivity contribution in [3.63, 3.8) is 0 Å². The Balaban J connectivity index is 3.71. The first-order valence-electron chi connectivity index (χ1n) is 3.44. The van der Waals surface area contributed by atoms with Gasteiger partial charge in [0, 0.05) is 0 Å². The number of hydrogen-bond donors (Lipinski definition) is 1. The van der Waals surface area contributed by atoms with Gasteiger partial charge in [-0.2, -0.15) is 5.26 Å². The Morgan fingerprint density at radius 1 is 1.82 bits per heavy atom. The highest BCUT2D eigenvalue weighted by Crippen LogP contribution is 2.10. The van der Waals surface area contributed by atoms with Gasteiger partial charge in [-0.15, -0.1) is 6.58 Å². The predicted molar refractivity (Wildman–Crippen MR) is 41.9 cm³/mol. The van der Waals surface area contributed by atoms with E-state index in [9.17, 15) is 0 Å². The highest BCUT2D eigenvalue weighted by molar-refractivity contribution is 4.93. The minimum Gasteiger partial charge on any atom is -0.393 e. The van der Waals surface area contributed by atoms with Gasteiger partial charge in [0.15, 0.2) is 0 Å². The number of ether oxygens (including phenoxy) is 1. The van der Waals surface area contributed by atoms with Crippen LogP contribution in [0.3, 0.4) is 0 Å². The zero-order valence-corrected chi connectivity index (χ0v) is 6.71. The molecule has 3 nitrogen and oxygen atoms in total. The minimum atomic E-state index is -0.698. The van der Waals surface area contributed by atoms with Crippen molar-refractivity contribution >= 4 is 0 Å². The first-order valence-corrected chi connectivity index (χ1v) is 3.44. The van der Waals surface area contributed by atoms with Crippen molar-refractivity contribution in [1.82, 2.24) is 0 Å². The molecule has 0 spiro atoms. The quantitative estimate of drug-likeness (QED) is 0.473. The summed E-state index contributed by atoms with van der Waals surface area (Å²) < 4.78 is 5.18. The van der Waals surface area contributed by atoms with Gasteiger partial charge in [0.25, 0.3) is 0 Å². The molecule has 0 heterocycles. The molecule has 62 valence electrons. The smallest absolute Gasteiger partial charge is 0.106 e. The monoisotopic (exact) mass is 155 g/mol. The van der Waals surface area contributed by atoms with E-state index in [-0.39, 0.29) is 6.61 Å². The molecule has 3 heteroatoms. The van der Waals surface area contributed by atoms with E-state index in [4.69, 9.17) is 15.1 Å². The van der Waals surface area contributed by atoms with E-state index in [1.165, 1.54) is 6.08 Å². The van der Waals surface area contributed by atoms with Crippen LogP contribution in [0.1, 0.15) is 13.3 Å². The average Bonchev–Trinajstić information content (AvgIpc) is 2.05. The fourth-order valence-corrected chi connectivity index (χ4v) is 0.499. The summed E-state index contributed by atoms with van der Waals surface area (Å²) in [7, 11) is 0. The lowest BCUT2D eigenvalue weighted by Gasteiger charge is -2.22. The predicted octanol–water partition coefficient (Wildman–Crippen LogP) is 0.854. The van der Waals surface area contributed by atoms with E-state index in [0.29, 0.717) is 13.0 Å². The highest BCUT2D eigenvalue weighted by Gasteiger charge is 2.18. The Morgan fingerprint density at radius 3 is 2.82 bits per heavy atom. The molecule has 0 aliphatic heterocycles. The maximum absolute atomic E-state index is 8.81. The molecule has 0 aliphatic rings. The van der Waals surface area contributed by atoms with Gasteiger partial charge in [-0.05, 0) is 6.92 Å². The summed E-state index contributed by atoms with van der Waals surface area (Å²) in [5.41, 5.74) is -0.698. The van der Waals surface area contributed by atoms with Crippen LogP contribution in [0.2, 0.25) is 0 Å². The van der Waals surface area contributed by atoms with Gasteiger partial charge >= 0.3 is 0 Å². The number of rotatable bonds is 5. The van der Waals surface area contributed by atoms with Gasteiger partial charge in [-0.1, -0.05) is 6.08 Å². The summed E-state index contributed by atoms with van der Waals surface area (Å²) in [5.74, 6) is 0. The van der Waals surface area contributed by atoms with Gasteiger partial charge < -0.3 is 9.84 Å². The Hall–Kier alpha value is -0.850. The van der Waals surface area contributed by atoms with E-state index in [1.54, 1.807) is 6.92 Å². The molecule has 11 heavy (non-hydrogen) atoms. The first-order chi connectivity index (χ1) is 5.18. The molecule has 0 fully saturated rings. The second-order valence-corrected chi connectivity index (χ2v) is 2.43. The van der Waals surface area contributed by atoms with Crippen LogP contribution in [0.15, 0.2) is 12.7 Å². The molecule has 0 radical (unpaired) electrons. The fourth-order valence-electron chi connectivity index (χ4n) is 0.499. The Morgan fingerprint density at radius 2 is 2.45 bits per heavy atom. The molecule has 1 N–H and O–H groups in total. The molecule has 0 aromatic carbocycles. The summed E-state index contributed by atoms with van der Waals surface area (Å²) in [6.45, 7) is 5.46. The van der Waals surface area contributed by atoms with Crippen LogP contribution in [0, 0.1) is 11.3 Å². The Bertz CT molecular complexity index is 162. The molecule has 0 saturated carbocycles. The second-order valence-electron chi connectivity index (χ2n) is 2.43. The van der Waals surface area contributed by atoms with Crippen molar-refractivity contribution in [2.45, 2.75) is 18.9 Å². The molecular weight excluding hydrogens is 142 g/mol. The zero-order chi connectivity index (χ0) is 8.74. The van der Waals surface area contributed by atoms with Crippen LogP contribution in [0.25, 0.3) is 0 Å². The molecule has 0 bridgehead atoms. The summed E-state index contributed by atoms with van der Waals surface area (Å²) in [6.07, 6.45) is 1.87. The highest BCUT2D eigenvalue weighted by atomic mass is 16.5. The average molecular weight is 155 g/mol. The number of hydrogen-bond acceptors (Lipinski definition) is 3. The number of nitriles is 1. The van der Waals surface area contributed by atoms with E-state index in [0.717, 1.165) is 0 Å². The maximum atomic E-state index is 8.81. The Labute approximate surface area is 66.9 Å². The van der Waals surface area contributed by atoms with Crippen molar-refractivity contribution in [1.29, 1.82) is 5.26 Å². The van der Waals surface area contributed by atoms with Gasteiger partial charge in [0.05, 0.1) is 25.7 Å². The van der Waals surface area contributed by atoms with Crippen LogP contribution >= 0.6 is 0 Å². The van der Waals surface area contributed by atoms with Crippen molar-refractivity contribution in [3.8, 4) is 6.07 Å². The van der Waals surface area contributed by atoms with Crippen molar-refractivity contribution in [3.05, 3.63) is 12.7 Å². The molecule has 0 aliphatic carbocycles. The normalized spacial score (nSPS) is 15.0. The van der Waals surface area contributed by atoms with Crippen molar-refractivity contribution < 1.29 is 9.84 Å². The zero-order valence-electron chi connectivity index (χ0n) is 6.71. The summed E-state index contributed by atoms with van der Waals surface area (Å²) in [5, 5.41) is 17.0. The van der Waals surface area contributed by atoms with E-state index < -0.39 is 5.60 Å². The standard InChI is InChI=1S/C8H13NO2/c1-3-8(2,7-10)11-6-4-5-9/h3,10H,1,4,6-7H2,2H3. The van der Waals surface area contributed by atoms with Gasteiger partial charge in [0.1, 0.15) is 5.60 Å². The van der Waals surface area contributed by atoms with Crippen LogP contribution in [0.5, 0.6) is 0 Å². The first kappa shape index (κ1) is 10.2. The van der Waals surface area contributed by atoms with Gasteiger partial charge in [0.2, 0.25) is 0 Å². The van der Waals surface area contributed by atoms with Crippen LogP contribution in [-0.4, -0.2) is 23.9 Å². The summed E-state index contributed by atoms with van der Waals surface area (Å²) in [6, 6.07) is 1.95. The molecule has 0 aromatic heterocycles. The SMILES string of the molecule is C=CC(C)(CO)OCCC#N. The molecular formula is C8H13NO2. The summed E-state index contributed by atoms with van der Waals surface area (Å²) >= 11 is 0. The van der Waals surface area contributed by atoms with Crippen molar-refractivity contribution in [2.75, 3.05) is 13.2 Å². The third kappa shape index (κ3) is 3.76. The lowest BCUT2D eigenvalue weighted by molar-refractivity contribution is -0.0295. The lowest BCUT2D eigenvalue weighted by atomic mass is 10.1. The fraction of sp³-hybridized carbons (Fsp3) is 0.625. The minimum absolute atomic E-state index is 0.109. The van der Waals surface area contributed by atoms with Crippen LogP contribution < -0.4 is 0 Å². The maximum Gasteiger partial charge on any atom is 0.106 e. The third-order valence-electron chi connectivity index (χ3n) is 1.39.